The average molecular weight is 291 g/mol. The van der Waals surface area contributed by atoms with E-state index in [9.17, 15) is 0 Å². The first kappa shape index (κ1) is 14.4. The second-order valence-corrected chi connectivity index (χ2v) is 5.99. The second kappa shape index (κ2) is 6.06. The van der Waals surface area contributed by atoms with Crippen LogP contribution < -0.4 is 5.73 Å². The van der Waals surface area contributed by atoms with Crippen molar-refractivity contribution in [1.29, 1.82) is 0 Å². The van der Waals surface area contributed by atoms with Crippen molar-refractivity contribution in [3.8, 4) is 16.9 Å². The zero-order valence-corrected chi connectivity index (χ0v) is 13.0. The first-order valence-electron chi connectivity index (χ1n) is 7.64. The maximum Gasteiger partial charge on any atom is 0.0743 e. The highest BCUT2D eigenvalue weighted by Gasteiger charge is 2.12. The molecular weight excluding hydrogens is 270 g/mol. The van der Waals surface area contributed by atoms with E-state index in [1.165, 1.54) is 5.56 Å². The number of hydrogen-bond acceptors (Lipinski definition) is 2. The van der Waals surface area contributed by atoms with Gasteiger partial charge in [-0.15, -0.1) is 0 Å². The fraction of sp³-hybridized carbons (Fsp3) is 0.211. The van der Waals surface area contributed by atoms with Gasteiger partial charge in [-0.25, -0.2) is 4.68 Å². The maximum absolute atomic E-state index is 5.80. The van der Waals surface area contributed by atoms with Crippen molar-refractivity contribution in [3.05, 3.63) is 66.4 Å². The van der Waals surface area contributed by atoms with Crippen LogP contribution in [-0.2, 0) is 6.42 Å². The summed E-state index contributed by atoms with van der Waals surface area (Å²) >= 11 is 0. The Kier molecular flexibility index (Phi) is 3.96. The number of nitrogens with two attached hydrogens (primary N) is 1. The topological polar surface area (TPSA) is 43.8 Å². The standard InChI is InChI=1S/C19H21N3/c1-14(2)12-17-13-19(15-6-4-3-5-7-15)22(21-17)18-10-8-16(20)9-11-18/h3-11,13-14H,12,20H2,1-2H3. The van der Waals surface area contributed by atoms with Crippen LogP contribution in [0.3, 0.4) is 0 Å². The predicted molar refractivity (Wildman–Crippen MR) is 92.0 cm³/mol. The third-order valence-corrected chi connectivity index (χ3v) is 3.58. The fourth-order valence-electron chi connectivity index (χ4n) is 2.58. The molecule has 0 saturated carbocycles. The Morgan fingerprint density at radius 1 is 1.00 bits per heavy atom. The van der Waals surface area contributed by atoms with E-state index in [0.29, 0.717) is 5.92 Å². The summed E-state index contributed by atoms with van der Waals surface area (Å²) in [6, 6.07) is 20.4. The highest BCUT2D eigenvalue weighted by molar-refractivity contribution is 5.63. The third kappa shape index (κ3) is 3.03. The number of aromatic nitrogens is 2. The molecule has 3 heteroatoms. The number of benzene rings is 2. The van der Waals surface area contributed by atoms with E-state index in [0.717, 1.165) is 29.2 Å². The van der Waals surface area contributed by atoms with Crippen molar-refractivity contribution in [3.63, 3.8) is 0 Å². The van der Waals surface area contributed by atoms with E-state index in [4.69, 9.17) is 10.8 Å². The Labute approximate surface area is 131 Å². The summed E-state index contributed by atoms with van der Waals surface area (Å²) in [4.78, 5) is 0. The van der Waals surface area contributed by atoms with Crippen molar-refractivity contribution < 1.29 is 0 Å². The van der Waals surface area contributed by atoms with E-state index < -0.39 is 0 Å². The smallest absolute Gasteiger partial charge is 0.0743 e. The molecule has 1 aromatic heterocycles. The van der Waals surface area contributed by atoms with Crippen LogP contribution in [0.4, 0.5) is 5.69 Å². The molecule has 0 aliphatic rings. The van der Waals surface area contributed by atoms with Gasteiger partial charge in [0.1, 0.15) is 0 Å². The number of anilines is 1. The monoisotopic (exact) mass is 291 g/mol. The van der Waals surface area contributed by atoms with Crippen LogP contribution in [0, 0.1) is 5.92 Å². The number of rotatable bonds is 4. The van der Waals surface area contributed by atoms with E-state index in [1.54, 1.807) is 0 Å². The van der Waals surface area contributed by atoms with Gasteiger partial charge in [0, 0.05) is 11.3 Å². The summed E-state index contributed by atoms with van der Waals surface area (Å²) in [6.45, 7) is 4.43. The van der Waals surface area contributed by atoms with Crippen molar-refractivity contribution >= 4 is 5.69 Å². The highest BCUT2D eigenvalue weighted by Crippen LogP contribution is 2.25. The molecule has 0 atom stereocenters. The van der Waals surface area contributed by atoms with Crippen LogP contribution in [0.5, 0.6) is 0 Å². The molecule has 2 N–H and O–H groups in total. The Morgan fingerprint density at radius 2 is 1.68 bits per heavy atom. The molecule has 0 aliphatic heterocycles. The zero-order valence-electron chi connectivity index (χ0n) is 13.0. The second-order valence-electron chi connectivity index (χ2n) is 5.99. The minimum atomic E-state index is 0.582. The summed E-state index contributed by atoms with van der Waals surface area (Å²) in [6.07, 6.45) is 0.974. The normalized spacial score (nSPS) is 11.0. The molecule has 0 aliphatic carbocycles. The minimum absolute atomic E-state index is 0.582. The van der Waals surface area contributed by atoms with Crippen molar-refractivity contribution in [2.75, 3.05) is 5.73 Å². The first-order valence-corrected chi connectivity index (χ1v) is 7.64. The maximum atomic E-state index is 5.80. The molecule has 0 unspecified atom stereocenters. The Balaban J connectivity index is 2.10. The lowest BCUT2D eigenvalue weighted by atomic mass is 10.1. The molecule has 0 amide bonds. The van der Waals surface area contributed by atoms with Gasteiger partial charge in [0.2, 0.25) is 0 Å². The SMILES string of the molecule is CC(C)Cc1cc(-c2ccccc2)n(-c2ccc(N)cc2)n1. The van der Waals surface area contributed by atoms with Crippen molar-refractivity contribution in [1.82, 2.24) is 9.78 Å². The summed E-state index contributed by atoms with van der Waals surface area (Å²) in [5.74, 6) is 0.582. The summed E-state index contributed by atoms with van der Waals surface area (Å²) < 4.78 is 2.01. The van der Waals surface area contributed by atoms with Gasteiger partial charge >= 0.3 is 0 Å². The highest BCUT2D eigenvalue weighted by atomic mass is 15.3. The molecule has 112 valence electrons. The number of nitrogens with zero attached hydrogens (tertiary/aromatic N) is 2. The van der Waals surface area contributed by atoms with Gasteiger partial charge in [-0.2, -0.15) is 5.10 Å². The van der Waals surface area contributed by atoms with Gasteiger partial charge in [0.05, 0.1) is 17.1 Å². The zero-order chi connectivity index (χ0) is 15.5. The van der Waals surface area contributed by atoms with E-state index in [2.05, 4.69) is 44.2 Å². The predicted octanol–water partition coefficient (Wildman–Crippen LogP) is 4.32. The van der Waals surface area contributed by atoms with Gasteiger partial charge in [-0.3, -0.25) is 0 Å². The molecule has 3 nitrogen and oxygen atoms in total. The minimum Gasteiger partial charge on any atom is -0.399 e. The van der Waals surface area contributed by atoms with Gasteiger partial charge in [0.15, 0.2) is 0 Å². The van der Waals surface area contributed by atoms with Gasteiger partial charge < -0.3 is 5.73 Å². The lowest BCUT2D eigenvalue weighted by molar-refractivity contribution is 0.628. The molecule has 2 aromatic carbocycles. The van der Waals surface area contributed by atoms with Crippen LogP contribution in [-0.4, -0.2) is 9.78 Å². The Hall–Kier alpha value is -2.55. The van der Waals surface area contributed by atoms with E-state index in [1.807, 2.05) is 35.0 Å². The molecule has 0 fully saturated rings. The number of hydrogen-bond donors (Lipinski definition) is 1. The summed E-state index contributed by atoms with van der Waals surface area (Å²) in [5, 5.41) is 4.80. The first-order chi connectivity index (χ1) is 10.6. The van der Waals surface area contributed by atoms with Crippen LogP contribution in [0.15, 0.2) is 60.7 Å². The van der Waals surface area contributed by atoms with Gasteiger partial charge in [-0.05, 0) is 42.7 Å². The molecule has 1 heterocycles. The molecule has 0 radical (unpaired) electrons. The van der Waals surface area contributed by atoms with E-state index in [-0.39, 0.29) is 0 Å². The van der Waals surface area contributed by atoms with Crippen molar-refractivity contribution in [2.45, 2.75) is 20.3 Å². The van der Waals surface area contributed by atoms with E-state index >= 15 is 0 Å². The number of nitrogen functional groups attached to an aromatic ring is 1. The molecule has 3 rings (SSSR count). The average Bonchev–Trinajstić information content (AvgIpc) is 2.92. The molecule has 22 heavy (non-hydrogen) atoms. The van der Waals surface area contributed by atoms with Crippen LogP contribution in [0.25, 0.3) is 16.9 Å². The van der Waals surface area contributed by atoms with Crippen LogP contribution in [0.1, 0.15) is 19.5 Å². The summed E-state index contributed by atoms with van der Waals surface area (Å²) in [5.41, 5.74) is 11.0. The van der Waals surface area contributed by atoms with Gasteiger partial charge in [0.25, 0.3) is 0 Å². The van der Waals surface area contributed by atoms with Crippen LogP contribution >= 0.6 is 0 Å². The Bertz CT molecular complexity index is 740. The molecule has 0 saturated heterocycles. The van der Waals surface area contributed by atoms with Gasteiger partial charge in [-0.1, -0.05) is 44.2 Å². The largest absolute Gasteiger partial charge is 0.399 e. The molecule has 0 bridgehead atoms. The third-order valence-electron chi connectivity index (χ3n) is 3.58. The molecular formula is C19H21N3. The Morgan fingerprint density at radius 3 is 2.32 bits per heavy atom. The molecule has 0 spiro atoms. The lowest BCUT2D eigenvalue weighted by Crippen LogP contribution is -2.01. The van der Waals surface area contributed by atoms with Crippen LogP contribution in [0.2, 0.25) is 0 Å². The quantitative estimate of drug-likeness (QED) is 0.727. The fourth-order valence-corrected chi connectivity index (χ4v) is 2.58. The summed E-state index contributed by atoms with van der Waals surface area (Å²) in [7, 11) is 0. The lowest BCUT2D eigenvalue weighted by Gasteiger charge is -2.08. The molecule has 3 aromatic rings. The van der Waals surface area contributed by atoms with Crippen molar-refractivity contribution in [2.24, 2.45) is 5.92 Å².